The molecule has 0 spiro atoms. The van der Waals surface area contributed by atoms with Crippen molar-refractivity contribution < 1.29 is 9.32 Å². The summed E-state index contributed by atoms with van der Waals surface area (Å²) in [5.41, 5.74) is 2.13. The molecule has 1 saturated heterocycles. The summed E-state index contributed by atoms with van der Waals surface area (Å²) in [5.74, 6) is 2.27. The monoisotopic (exact) mass is 398 g/mol. The topological polar surface area (TPSA) is 71.3 Å². The Balaban J connectivity index is 1.59. The minimum absolute atomic E-state index is 0.0166. The van der Waals surface area contributed by atoms with Crippen molar-refractivity contribution in [1.29, 1.82) is 0 Å². The Morgan fingerprint density at radius 3 is 2.72 bits per heavy atom. The Bertz CT molecular complexity index is 807. The highest BCUT2D eigenvalue weighted by Crippen LogP contribution is 2.22. The van der Waals surface area contributed by atoms with Crippen LogP contribution in [0.3, 0.4) is 0 Å². The maximum absolute atomic E-state index is 12.8. The summed E-state index contributed by atoms with van der Waals surface area (Å²) >= 11 is 0. The molecule has 1 aromatic heterocycles. The Morgan fingerprint density at radius 1 is 1.28 bits per heavy atom. The van der Waals surface area contributed by atoms with Gasteiger partial charge in [0.1, 0.15) is 0 Å². The molecule has 1 N–H and O–H groups in total. The van der Waals surface area contributed by atoms with Crippen LogP contribution >= 0.6 is 0 Å². The lowest BCUT2D eigenvalue weighted by Gasteiger charge is -2.33. The van der Waals surface area contributed by atoms with Crippen molar-refractivity contribution in [2.24, 2.45) is 17.8 Å². The van der Waals surface area contributed by atoms with Crippen LogP contribution in [0.15, 0.2) is 28.8 Å². The molecule has 0 saturated carbocycles. The second kappa shape index (κ2) is 9.53. The van der Waals surface area contributed by atoms with Gasteiger partial charge in [-0.05, 0) is 44.2 Å². The summed E-state index contributed by atoms with van der Waals surface area (Å²) < 4.78 is 5.48. The first-order chi connectivity index (χ1) is 13.8. The molecular formula is C23H34N4O2. The molecule has 158 valence electrons. The van der Waals surface area contributed by atoms with E-state index < -0.39 is 0 Å². The molecule has 29 heavy (non-hydrogen) atoms. The number of benzene rings is 1. The lowest BCUT2D eigenvalue weighted by Crippen LogP contribution is -2.48. The number of aromatic nitrogens is 2. The Labute approximate surface area is 174 Å². The van der Waals surface area contributed by atoms with Crippen LogP contribution in [-0.2, 0) is 11.3 Å². The van der Waals surface area contributed by atoms with Gasteiger partial charge in [0.25, 0.3) is 0 Å². The first-order valence-electron chi connectivity index (χ1n) is 10.8. The zero-order valence-electron chi connectivity index (χ0n) is 18.3. The molecule has 2 heterocycles. The fourth-order valence-electron chi connectivity index (χ4n) is 4.21. The second-order valence-electron chi connectivity index (χ2n) is 8.98. The van der Waals surface area contributed by atoms with Gasteiger partial charge in [0.05, 0.1) is 12.5 Å². The summed E-state index contributed by atoms with van der Waals surface area (Å²) in [7, 11) is 0. The Hall–Kier alpha value is -2.21. The van der Waals surface area contributed by atoms with Gasteiger partial charge in [0, 0.05) is 18.2 Å². The summed E-state index contributed by atoms with van der Waals surface area (Å²) in [6.45, 7) is 13.0. The smallest absolute Gasteiger partial charge is 0.241 e. The number of carbonyl (C=O) groups excluding carboxylic acids is 1. The lowest BCUT2D eigenvalue weighted by atomic mass is 9.91. The number of likely N-dealkylation sites (tertiary alicyclic amines) is 1. The summed E-state index contributed by atoms with van der Waals surface area (Å²) in [4.78, 5) is 19.7. The number of amides is 1. The first kappa shape index (κ1) is 21.5. The van der Waals surface area contributed by atoms with Gasteiger partial charge < -0.3 is 9.84 Å². The van der Waals surface area contributed by atoms with E-state index in [1.54, 1.807) is 0 Å². The molecule has 1 amide bonds. The first-order valence-corrected chi connectivity index (χ1v) is 10.8. The standard InChI is InChI=1S/C23H34N4O2/c1-15(2)21(16(3)4)25-23(28)19-10-7-11-27(13-19)14-20-24-22(26-29-20)18-9-6-8-17(5)12-18/h6,8-9,12,15-16,19,21H,7,10-11,13-14H2,1-5H3,(H,25,28). The third-order valence-corrected chi connectivity index (χ3v) is 5.72. The normalized spacial score (nSPS) is 18.0. The van der Waals surface area contributed by atoms with Gasteiger partial charge in [-0.25, -0.2) is 0 Å². The van der Waals surface area contributed by atoms with Crippen molar-refractivity contribution in [3.8, 4) is 11.4 Å². The van der Waals surface area contributed by atoms with Gasteiger partial charge in [-0.1, -0.05) is 56.6 Å². The zero-order chi connectivity index (χ0) is 21.0. The molecule has 2 aromatic rings. The molecule has 3 rings (SSSR count). The average Bonchev–Trinajstić information content (AvgIpc) is 3.14. The predicted molar refractivity (Wildman–Crippen MR) is 114 cm³/mol. The van der Waals surface area contributed by atoms with Crippen LogP contribution in [0.1, 0.15) is 52.0 Å². The summed E-state index contributed by atoms with van der Waals surface area (Å²) in [5, 5.41) is 7.42. The van der Waals surface area contributed by atoms with Crippen LogP contribution in [0.25, 0.3) is 11.4 Å². The van der Waals surface area contributed by atoms with Crippen LogP contribution in [0.4, 0.5) is 0 Å². The fourth-order valence-corrected chi connectivity index (χ4v) is 4.21. The zero-order valence-corrected chi connectivity index (χ0v) is 18.3. The molecule has 1 unspecified atom stereocenters. The average molecular weight is 399 g/mol. The third-order valence-electron chi connectivity index (χ3n) is 5.72. The molecule has 1 aliphatic heterocycles. The largest absolute Gasteiger partial charge is 0.353 e. The fraction of sp³-hybridized carbons (Fsp3) is 0.609. The van der Waals surface area contributed by atoms with E-state index in [-0.39, 0.29) is 17.9 Å². The van der Waals surface area contributed by atoms with E-state index >= 15 is 0 Å². The maximum Gasteiger partial charge on any atom is 0.241 e. The number of hydrogen-bond acceptors (Lipinski definition) is 5. The third kappa shape index (κ3) is 5.66. The molecule has 6 nitrogen and oxygen atoms in total. The van der Waals surface area contributed by atoms with Crippen LogP contribution < -0.4 is 5.32 Å². The highest BCUT2D eigenvalue weighted by atomic mass is 16.5. The summed E-state index contributed by atoms with van der Waals surface area (Å²) in [6, 6.07) is 8.30. The Kier molecular flexibility index (Phi) is 7.06. The van der Waals surface area contributed by atoms with Gasteiger partial charge in [-0.2, -0.15) is 4.98 Å². The predicted octanol–water partition coefficient (Wildman–Crippen LogP) is 4.05. The number of aryl methyl sites for hydroxylation is 1. The van der Waals surface area contributed by atoms with E-state index in [0.29, 0.717) is 30.1 Å². The summed E-state index contributed by atoms with van der Waals surface area (Å²) in [6.07, 6.45) is 1.94. The van der Waals surface area contributed by atoms with Crippen molar-refractivity contribution in [3.05, 3.63) is 35.7 Å². The van der Waals surface area contributed by atoms with Crippen LogP contribution in [0.5, 0.6) is 0 Å². The van der Waals surface area contributed by atoms with Crippen LogP contribution in [-0.4, -0.2) is 40.1 Å². The molecule has 0 aliphatic carbocycles. The van der Waals surface area contributed by atoms with Gasteiger partial charge in [-0.15, -0.1) is 0 Å². The SMILES string of the molecule is Cc1cccc(-c2noc(CN3CCCC(C(=O)NC(C(C)C)C(C)C)C3)n2)c1. The number of rotatable bonds is 7. The molecule has 0 bridgehead atoms. The molecule has 6 heteroatoms. The molecular weight excluding hydrogens is 364 g/mol. The molecule has 1 atom stereocenters. The maximum atomic E-state index is 12.8. The van der Waals surface area contributed by atoms with Crippen LogP contribution in [0.2, 0.25) is 0 Å². The quantitative estimate of drug-likeness (QED) is 0.762. The Morgan fingerprint density at radius 2 is 2.03 bits per heavy atom. The molecule has 1 aliphatic rings. The van der Waals surface area contributed by atoms with E-state index in [1.165, 1.54) is 5.56 Å². The highest BCUT2D eigenvalue weighted by molar-refractivity contribution is 5.79. The van der Waals surface area contributed by atoms with Gasteiger partial charge in [0.2, 0.25) is 17.6 Å². The highest BCUT2D eigenvalue weighted by Gasteiger charge is 2.29. The molecule has 1 aromatic carbocycles. The van der Waals surface area contributed by atoms with E-state index in [0.717, 1.165) is 31.5 Å². The number of nitrogens with one attached hydrogen (secondary N) is 1. The molecule has 0 radical (unpaired) electrons. The number of hydrogen-bond donors (Lipinski definition) is 1. The van der Waals surface area contributed by atoms with Crippen molar-refractivity contribution in [1.82, 2.24) is 20.4 Å². The van der Waals surface area contributed by atoms with E-state index in [2.05, 4.69) is 54.1 Å². The number of piperidine rings is 1. The van der Waals surface area contributed by atoms with Gasteiger partial charge in [-0.3, -0.25) is 9.69 Å². The second-order valence-corrected chi connectivity index (χ2v) is 8.98. The van der Waals surface area contributed by atoms with Crippen molar-refractivity contribution in [2.75, 3.05) is 13.1 Å². The van der Waals surface area contributed by atoms with Crippen LogP contribution in [0, 0.1) is 24.7 Å². The van der Waals surface area contributed by atoms with Gasteiger partial charge in [0.15, 0.2) is 0 Å². The number of nitrogens with zero attached hydrogens (tertiary/aromatic N) is 3. The van der Waals surface area contributed by atoms with Crippen molar-refractivity contribution >= 4 is 5.91 Å². The minimum atomic E-state index is 0.0166. The lowest BCUT2D eigenvalue weighted by molar-refractivity contribution is -0.128. The van der Waals surface area contributed by atoms with E-state index in [4.69, 9.17) is 4.52 Å². The van der Waals surface area contributed by atoms with Gasteiger partial charge >= 0.3 is 0 Å². The minimum Gasteiger partial charge on any atom is -0.353 e. The van der Waals surface area contributed by atoms with E-state index in [1.807, 2.05) is 25.1 Å². The van der Waals surface area contributed by atoms with Crippen molar-refractivity contribution in [2.45, 2.75) is 60.0 Å². The van der Waals surface area contributed by atoms with E-state index in [9.17, 15) is 4.79 Å². The van der Waals surface area contributed by atoms with Crippen molar-refractivity contribution in [3.63, 3.8) is 0 Å². The number of carbonyl (C=O) groups is 1. The molecule has 1 fully saturated rings.